The van der Waals surface area contributed by atoms with Crippen LogP contribution in [0.1, 0.15) is 18.1 Å². The highest BCUT2D eigenvalue weighted by molar-refractivity contribution is 6.17. The topological polar surface area (TPSA) is 49.7 Å². The van der Waals surface area contributed by atoms with Gasteiger partial charge in [0.15, 0.2) is 0 Å². The molecule has 0 saturated carbocycles. The third kappa shape index (κ3) is 4.04. The number of halogens is 4. The molecule has 0 aromatic heterocycles. The van der Waals surface area contributed by atoms with E-state index in [-0.39, 0.29) is 17.9 Å². The molecule has 0 aliphatic rings. The highest BCUT2D eigenvalue weighted by Crippen LogP contribution is 2.30. The Kier molecular flexibility index (Phi) is 5.71. The Morgan fingerprint density at radius 3 is 2.50 bits per heavy atom. The molecule has 102 valence electrons. The summed E-state index contributed by atoms with van der Waals surface area (Å²) in [5.74, 6) is -1.20. The van der Waals surface area contributed by atoms with E-state index in [0.29, 0.717) is 0 Å². The van der Waals surface area contributed by atoms with E-state index in [1.54, 1.807) is 0 Å². The van der Waals surface area contributed by atoms with Crippen LogP contribution in [-0.2, 0) is 0 Å². The summed E-state index contributed by atoms with van der Waals surface area (Å²) >= 11 is 5.39. The van der Waals surface area contributed by atoms with Crippen LogP contribution in [0.5, 0.6) is 5.75 Å². The number of aliphatic hydroxyl groups is 2. The van der Waals surface area contributed by atoms with Gasteiger partial charge in [-0.3, -0.25) is 0 Å². The minimum Gasteiger partial charge on any atom is -0.434 e. The lowest BCUT2D eigenvalue weighted by Crippen LogP contribution is -2.20. The molecule has 2 N–H and O–H groups in total. The Labute approximate surface area is 107 Å². The van der Waals surface area contributed by atoms with Gasteiger partial charge in [-0.15, -0.1) is 11.6 Å². The lowest BCUT2D eigenvalue weighted by Gasteiger charge is -2.20. The number of aliphatic hydroxyl groups excluding tert-OH is 2. The second kappa shape index (κ2) is 6.82. The third-order valence-electron chi connectivity index (χ3n) is 2.28. The monoisotopic (exact) mass is 284 g/mol. The van der Waals surface area contributed by atoms with Crippen molar-refractivity contribution in [1.82, 2.24) is 0 Å². The van der Waals surface area contributed by atoms with Crippen molar-refractivity contribution in [2.75, 3.05) is 5.88 Å². The van der Waals surface area contributed by atoms with Crippen LogP contribution in [-0.4, -0.2) is 28.8 Å². The van der Waals surface area contributed by atoms with Crippen LogP contribution in [0.25, 0.3) is 0 Å². The fourth-order valence-electron chi connectivity index (χ4n) is 1.43. The van der Waals surface area contributed by atoms with Crippen LogP contribution >= 0.6 is 11.6 Å². The van der Waals surface area contributed by atoms with Crippen molar-refractivity contribution in [3.63, 3.8) is 0 Å². The van der Waals surface area contributed by atoms with Gasteiger partial charge in [0.1, 0.15) is 17.7 Å². The molecule has 1 aromatic rings. The fraction of sp³-hybridized carbons (Fsp3) is 0.455. The first-order valence-electron chi connectivity index (χ1n) is 5.12. The Morgan fingerprint density at radius 1 is 1.28 bits per heavy atom. The molecule has 0 aliphatic heterocycles. The van der Waals surface area contributed by atoms with Crippen molar-refractivity contribution in [3.05, 3.63) is 29.6 Å². The quantitative estimate of drug-likeness (QED) is 0.789. The van der Waals surface area contributed by atoms with E-state index in [2.05, 4.69) is 4.74 Å². The van der Waals surface area contributed by atoms with Crippen molar-refractivity contribution in [2.45, 2.75) is 25.2 Å². The molecule has 0 radical (unpaired) electrons. The largest absolute Gasteiger partial charge is 0.434 e. The lowest BCUT2D eigenvalue weighted by molar-refractivity contribution is -0.0540. The molecule has 2 atom stereocenters. The van der Waals surface area contributed by atoms with Crippen LogP contribution in [0.3, 0.4) is 0 Å². The van der Waals surface area contributed by atoms with Gasteiger partial charge in [0.25, 0.3) is 0 Å². The average molecular weight is 285 g/mol. The summed E-state index contributed by atoms with van der Waals surface area (Å²) in [6.45, 7) is -3.15. The van der Waals surface area contributed by atoms with Gasteiger partial charge in [-0.05, 0) is 18.6 Å². The first-order chi connectivity index (χ1) is 8.45. The van der Waals surface area contributed by atoms with Crippen molar-refractivity contribution < 1.29 is 28.1 Å². The van der Waals surface area contributed by atoms with Crippen molar-refractivity contribution >= 4 is 11.6 Å². The molecule has 0 aliphatic carbocycles. The summed E-state index contributed by atoms with van der Waals surface area (Å²) in [7, 11) is 0. The average Bonchev–Trinajstić information content (AvgIpc) is 2.28. The van der Waals surface area contributed by atoms with Crippen LogP contribution in [0.4, 0.5) is 13.2 Å². The maximum atomic E-state index is 12.9. The van der Waals surface area contributed by atoms with E-state index in [1.165, 1.54) is 0 Å². The van der Waals surface area contributed by atoms with Gasteiger partial charge in [-0.25, -0.2) is 4.39 Å². The predicted molar refractivity (Wildman–Crippen MR) is 59.3 cm³/mol. The Balaban J connectivity index is 2.99. The molecular weight excluding hydrogens is 273 g/mol. The van der Waals surface area contributed by atoms with E-state index >= 15 is 0 Å². The maximum Gasteiger partial charge on any atom is 0.387 e. The maximum absolute atomic E-state index is 12.9. The Hall–Kier alpha value is -0.980. The van der Waals surface area contributed by atoms with Crippen LogP contribution in [0.15, 0.2) is 18.2 Å². The van der Waals surface area contributed by atoms with E-state index in [9.17, 15) is 23.4 Å². The van der Waals surface area contributed by atoms with E-state index in [1.807, 2.05) is 0 Å². The summed E-state index contributed by atoms with van der Waals surface area (Å²) in [5, 5.41) is 19.3. The molecule has 0 heterocycles. The van der Waals surface area contributed by atoms with Crippen molar-refractivity contribution in [3.8, 4) is 5.75 Å². The van der Waals surface area contributed by atoms with Gasteiger partial charge in [0.05, 0.1) is 6.10 Å². The minimum absolute atomic E-state index is 0.0637. The normalized spacial score (nSPS) is 14.6. The summed E-state index contributed by atoms with van der Waals surface area (Å²) in [6.07, 6.45) is -2.65. The molecule has 0 saturated heterocycles. The minimum atomic E-state index is -3.15. The number of rotatable bonds is 6. The lowest BCUT2D eigenvalue weighted by atomic mass is 10.0. The van der Waals surface area contributed by atoms with Gasteiger partial charge in [0, 0.05) is 17.5 Å². The van der Waals surface area contributed by atoms with E-state index < -0.39 is 30.4 Å². The number of hydrogen-bond donors (Lipinski definition) is 2. The second-order valence-corrected chi connectivity index (χ2v) is 3.93. The van der Waals surface area contributed by atoms with Crippen LogP contribution < -0.4 is 4.74 Å². The number of hydrogen-bond acceptors (Lipinski definition) is 3. The van der Waals surface area contributed by atoms with Gasteiger partial charge >= 0.3 is 6.61 Å². The van der Waals surface area contributed by atoms with E-state index in [4.69, 9.17) is 11.6 Å². The van der Waals surface area contributed by atoms with Crippen LogP contribution in [0.2, 0.25) is 0 Å². The molecule has 3 nitrogen and oxygen atoms in total. The SMILES string of the molecule is OC(CCCl)C(O)c1ccc(F)cc1OC(F)F. The van der Waals surface area contributed by atoms with E-state index in [0.717, 1.165) is 18.2 Å². The van der Waals surface area contributed by atoms with Crippen molar-refractivity contribution in [2.24, 2.45) is 0 Å². The van der Waals surface area contributed by atoms with Gasteiger partial charge < -0.3 is 14.9 Å². The second-order valence-electron chi connectivity index (χ2n) is 3.55. The molecule has 7 heteroatoms. The predicted octanol–water partition coefficient (Wildman–Crippen LogP) is 2.45. The first-order valence-corrected chi connectivity index (χ1v) is 5.65. The summed E-state index contributed by atoms with van der Waals surface area (Å²) in [5.41, 5.74) is -0.116. The fourth-order valence-corrected chi connectivity index (χ4v) is 1.65. The molecule has 18 heavy (non-hydrogen) atoms. The first kappa shape index (κ1) is 15.1. The number of alkyl halides is 3. The smallest absolute Gasteiger partial charge is 0.387 e. The Morgan fingerprint density at radius 2 is 1.94 bits per heavy atom. The summed E-state index contributed by atoms with van der Waals surface area (Å²) < 4.78 is 41.3. The Bertz CT molecular complexity index is 390. The zero-order chi connectivity index (χ0) is 13.7. The summed E-state index contributed by atoms with van der Waals surface area (Å²) in [6, 6.07) is 2.78. The zero-order valence-electron chi connectivity index (χ0n) is 9.19. The number of ether oxygens (including phenoxy) is 1. The van der Waals surface area contributed by atoms with Gasteiger partial charge in [-0.1, -0.05) is 0 Å². The molecule has 1 aromatic carbocycles. The molecule has 0 fully saturated rings. The molecule has 0 spiro atoms. The van der Waals surface area contributed by atoms with Gasteiger partial charge in [0.2, 0.25) is 0 Å². The molecule has 0 amide bonds. The van der Waals surface area contributed by atoms with Gasteiger partial charge in [-0.2, -0.15) is 8.78 Å². The molecule has 1 rings (SSSR count). The standard InChI is InChI=1S/C11H12ClF3O3/c12-4-3-8(16)10(17)7-2-1-6(13)5-9(7)18-11(14)15/h1-2,5,8,10-11,16-17H,3-4H2. The molecular formula is C11H12ClF3O3. The highest BCUT2D eigenvalue weighted by atomic mass is 35.5. The zero-order valence-corrected chi connectivity index (χ0v) is 9.95. The molecule has 0 bridgehead atoms. The summed E-state index contributed by atoms with van der Waals surface area (Å²) in [4.78, 5) is 0. The van der Waals surface area contributed by atoms with Crippen LogP contribution in [0, 0.1) is 5.82 Å². The number of benzene rings is 1. The van der Waals surface area contributed by atoms with Crippen molar-refractivity contribution in [1.29, 1.82) is 0 Å². The molecule has 2 unspecified atom stereocenters. The third-order valence-corrected chi connectivity index (χ3v) is 2.50. The highest BCUT2D eigenvalue weighted by Gasteiger charge is 2.23.